The van der Waals surface area contributed by atoms with Gasteiger partial charge in [-0.2, -0.15) is 4.99 Å². The molecule has 0 radical (unpaired) electrons. The third kappa shape index (κ3) is 4.51. The molecule has 0 aliphatic rings. The summed E-state index contributed by atoms with van der Waals surface area (Å²) in [6.07, 6.45) is 4.55. The van der Waals surface area contributed by atoms with E-state index in [9.17, 15) is 13.2 Å². The summed E-state index contributed by atoms with van der Waals surface area (Å²) >= 11 is 0. The van der Waals surface area contributed by atoms with Gasteiger partial charge in [0.25, 0.3) is 5.91 Å². The van der Waals surface area contributed by atoms with Crippen LogP contribution in [0.5, 0.6) is 0 Å². The van der Waals surface area contributed by atoms with E-state index in [4.69, 9.17) is 11.5 Å². The molecule has 2 rings (SSSR count). The molecule has 1 aromatic carbocycles. The van der Waals surface area contributed by atoms with Crippen LogP contribution in [0.1, 0.15) is 22.8 Å². The first-order valence-corrected chi connectivity index (χ1v) is 9.16. The SMILES string of the molecule is CCc1cc(Nc2ncccn2)c(S(C)(=O)=O)cc1C(=O)N=C(N)N. The number of nitrogens with two attached hydrogens (primary N) is 2. The highest BCUT2D eigenvalue weighted by Crippen LogP contribution is 2.28. The Labute approximate surface area is 145 Å². The molecule has 0 bridgehead atoms. The van der Waals surface area contributed by atoms with E-state index in [-0.39, 0.29) is 22.1 Å². The second kappa shape index (κ2) is 7.26. The van der Waals surface area contributed by atoms with Crippen LogP contribution in [0.4, 0.5) is 11.6 Å². The van der Waals surface area contributed by atoms with Crippen LogP contribution >= 0.6 is 0 Å². The number of aliphatic imine (C=N–C) groups is 1. The highest BCUT2D eigenvalue weighted by molar-refractivity contribution is 7.90. The van der Waals surface area contributed by atoms with Gasteiger partial charge in [0, 0.05) is 24.2 Å². The van der Waals surface area contributed by atoms with Crippen LogP contribution < -0.4 is 16.8 Å². The number of rotatable bonds is 5. The van der Waals surface area contributed by atoms with Crippen LogP contribution in [0.2, 0.25) is 0 Å². The third-order valence-corrected chi connectivity index (χ3v) is 4.40. The van der Waals surface area contributed by atoms with Crippen molar-refractivity contribution in [2.75, 3.05) is 11.6 Å². The van der Waals surface area contributed by atoms with E-state index in [1.54, 1.807) is 12.1 Å². The number of hydrogen-bond acceptors (Lipinski definition) is 6. The number of nitrogens with zero attached hydrogens (tertiary/aromatic N) is 3. The molecular formula is C15H18N6O3S. The predicted octanol–water partition coefficient (Wildman–Crippen LogP) is 0.600. The van der Waals surface area contributed by atoms with E-state index in [2.05, 4.69) is 20.3 Å². The molecule has 0 fully saturated rings. The van der Waals surface area contributed by atoms with Crippen molar-refractivity contribution in [1.29, 1.82) is 0 Å². The molecule has 0 atom stereocenters. The zero-order chi connectivity index (χ0) is 18.6. The summed E-state index contributed by atoms with van der Waals surface area (Å²) in [6.45, 7) is 1.82. The Kier molecular flexibility index (Phi) is 5.32. The lowest BCUT2D eigenvalue weighted by Gasteiger charge is -2.14. The lowest BCUT2D eigenvalue weighted by atomic mass is 10.0. The summed E-state index contributed by atoms with van der Waals surface area (Å²) in [4.78, 5) is 23.6. The summed E-state index contributed by atoms with van der Waals surface area (Å²) in [5, 5.41) is 2.86. The molecule has 5 N–H and O–H groups in total. The van der Waals surface area contributed by atoms with Crippen molar-refractivity contribution in [3.63, 3.8) is 0 Å². The maximum atomic E-state index is 12.2. The number of aryl methyl sites for hydroxylation is 1. The van der Waals surface area contributed by atoms with E-state index >= 15 is 0 Å². The zero-order valence-corrected chi connectivity index (χ0v) is 14.5. The largest absolute Gasteiger partial charge is 0.370 e. The van der Waals surface area contributed by atoms with Crippen LogP contribution in [0.15, 0.2) is 40.5 Å². The molecule has 0 unspecified atom stereocenters. The van der Waals surface area contributed by atoms with Crippen LogP contribution in [0.3, 0.4) is 0 Å². The van der Waals surface area contributed by atoms with Gasteiger partial charge in [0.1, 0.15) is 0 Å². The molecule has 0 spiro atoms. The normalized spacial score (nSPS) is 11.0. The summed E-state index contributed by atoms with van der Waals surface area (Å²) < 4.78 is 24.3. The van der Waals surface area contributed by atoms with Gasteiger partial charge < -0.3 is 16.8 Å². The van der Waals surface area contributed by atoms with Gasteiger partial charge in [0.05, 0.1) is 10.6 Å². The van der Waals surface area contributed by atoms with E-state index in [1.165, 1.54) is 18.5 Å². The summed E-state index contributed by atoms with van der Waals surface area (Å²) in [6, 6.07) is 4.45. The summed E-state index contributed by atoms with van der Waals surface area (Å²) in [7, 11) is -3.64. The maximum absolute atomic E-state index is 12.2. The fraction of sp³-hybridized carbons (Fsp3) is 0.200. The first kappa shape index (κ1) is 18.3. The molecule has 25 heavy (non-hydrogen) atoms. The molecule has 0 aliphatic carbocycles. The van der Waals surface area contributed by atoms with E-state index < -0.39 is 21.7 Å². The number of carbonyl (C=O) groups excluding carboxylic acids is 1. The van der Waals surface area contributed by atoms with Crippen molar-refractivity contribution in [1.82, 2.24) is 9.97 Å². The second-order valence-corrected chi connectivity index (χ2v) is 7.15. The number of anilines is 2. The molecule has 1 aromatic heterocycles. The predicted molar refractivity (Wildman–Crippen MR) is 94.4 cm³/mol. The fourth-order valence-corrected chi connectivity index (χ4v) is 3.02. The van der Waals surface area contributed by atoms with Crippen molar-refractivity contribution in [2.45, 2.75) is 18.2 Å². The Morgan fingerprint density at radius 1 is 1.24 bits per heavy atom. The minimum atomic E-state index is -3.64. The summed E-state index contributed by atoms with van der Waals surface area (Å²) in [5.74, 6) is -0.866. The number of carbonyl (C=O) groups is 1. The van der Waals surface area contributed by atoms with Gasteiger partial charge >= 0.3 is 0 Å². The van der Waals surface area contributed by atoms with Gasteiger partial charge in [-0.05, 0) is 30.2 Å². The van der Waals surface area contributed by atoms with Gasteiger partial charge in [-0.3, -0.25) is 4.79 Å². The Morgan fingerprint density at radius 2 is 1.88 bits per heavy atom. The number of aromatic nitrogens is 2. The molecule has 132 valence electrons. The van der Waals surface area contributed by atoms with Crippen molar-refractivity contribution in [3.8, 4) is 0 Å². The van der Waals surface area contributed by atoms with Gasteiger partial charge in [-0.1, -0.05) is 6.92 Å². The van der Waals surface area contributed by atoms with Crippen molar-refractivity contribution in [3.05, 3.63) is 41.7 Å². The first-order valence-electron chi connectivity index (χ1n) is 7.27. The van der Waals surface area contributed by atoms with Gasteiger partial charge in [-0.15, -0.1) is 0 Å². The Bertz CT molecular complexity index is 922. The minimum absolute atomic E-state index is 0.0775. The Hall–Kier alpha value is -3.01. The molecule has 1 amide bonds. The van der Waals surface area contributed by atoms with E-state index in [0.717, 1.165) is 6.26 Å². The lowest BCUT2D eigenvalue weighted by molar-refractivity contribution is 0.100. The standard InChI is InChI=1S/C15H18N6O3S/c1-3-9-7-11(20-15-18-5-4-6-19-15)12(25(2,23)24)8-10(9)13(22)21-14(16)17/h4-8H,3H2,1-2H3,(H,18,19,20)(H4,16,17,21,22). The van der Waals surface area contributed by atoms with Crippen molar-refractivity contribution in [2.24, 2.45) is 16.5 Å². The second-order valence-electron chi connectivity index (χ2n) is 5.17. The van der Waals surface area contributed by atoms with Crippen LogP contribution in [-0.2, 0) is 16.3 Å². The zero-order valence-electron chi connectivity index (χ0n) is 13.7. The number of sulfone groups is 1. The highest BCUT2D eigenvalue weighted by Gasteiger charge is 2.21. The summed E-state index contributed by atoms with van der Waals surface area (Å²) in [5.41, 5.74) is 11.5. The topological polar surface area (TPSA) is 153 Å². The number of hydrogen-bond donors (Lipinski definition) is 3. The third-order valence-electron chi connectivity index (χ3n) is 3.26. The monoisotopic (exact) mass is 362 g/mol. The smallest absolute Gasteiger partial charge is 0.280 e. The number of guanidine groups is 1. The average molecular weight is 362 g/mol. The number of benzene rings is 1. The minimum Gasteiger partial charge on any atom is -0.370 e. The van der Waals surface area contributed by atoms with Crippen LogP contribution in [0, 0.1) is 0 Å². The van der Waals surface area contributed by atoms with Gasteiger partial charge in [0.15, 0.2) is 15.8 Å². The molecule has 0 aliphatic heterocycles. The average Bonchev–Trinajstić information content (AvgIpc) is 2.53. The number of nitrogens with one attached hydrogen (secondary N) is 1. The molecular weight excluding hydrogens is 344 g/mol. The Balaban J connectivity index is 2.64. The molecule has 0 saturated carbocycles. The van der Waals surface area contributed by atoms with E-state index in [0.29, 0.717) is 12.0 Å². The molecule has 1 heterocycles. The fourth-order valence-electron chi connectivity index (χ4n) is 2.18. The Morgan fingerprint density at radius 3 is 2.40 bits per heavy atom. The molecule has 2 aromatic rings. The van der Waals surface area contributed by atoms with Gasteiger partial charge in [-0.25, -0.2) is 18.4 Å². The van der Waals surface area contributed by atoms with Crippen LogP contribution in [-0.4, -0.2) is 36.5 Å². The van der Waals surface area contributed by atoms with E-state index in [1.807, 2.05) is 6.92 Å². The molecule has 9 nitrogen and oxygen atoms in total. The highest BCUT2D eigenvalue weighted by atomic mass is 32.2. The van der Waals surface area contributed by atoms with Gasteiger partial charge in [0.2, 0.25) is 5.95 Å². The molecule has 10 heteroatoms. The first-order chi connectivity index (χ1) is 11.7. The van der Waals surface area contributed by atoms with Crippen molar-refractivity contribution >= 4 is 33.3 Å². The number of amides is 1. The lowest BCUT2D eigenvalue weighted by Crippen LogP contribution is -2.24. The molecule has 0 saturated heterocycles. The maximum Gasteiger partial charge on any atom is 0.280 e. The van der Waals surface area contributed by atoms with Crippen LogP contribution in [0.25, 0.3) is 0 Å². The quantitative estimate of drug-likeness (QED) is 0.516. The van der Waals surface area contributed by atoms with Crippen molar-refractivity contribution < 1.29 is 13.2 Å².